The van der Waals surface area contributed by atoms with E-state index in [1.165, 1.54) is 5.56 Å². The summed E-state index contributed by atoms with van der Waals surface area (Å²) in [5.41, 5.74) is 2.47. The molecule has 0 N–H and O–H groups in total. The van der Waals surface area contributed by atoms with E-state index in [0.717, 1.165) is 30.0 Å². The molecule has 1 heterocycles. The number of nitrogens with zero attached hydrogens (tertiary/aromatic N) is 1. The molecule has 24 heavy (non-hydrogen) atoms. The number of furan rings is 1. The molecular formula is C21H23NO2. The molecule has 124 valence electrons. The second-order valence-corrected chi connectivity index (χ2v) is 5.87. The van der Waals surface area contributed by atoms with Crippen LogP contribution in [0.15, 0.2) is 77.2 Å². The van der Waals surface area contributed by atoms with E-state index in [1.807, 2.05) is 48.4 Å². The van der Waals surface area contributed by atoms with Gasteiger partial charge in [-0.2, -0.15) is 5.06 Å². The average Bonchev–Trinajstić information content (AvgIpc) is 3.04. The standard InChI is InChI=1S/C21H23NO2/c1-18-12-13-21(24-18)16-22(15-14-19-8-4-2-5-9-19)23-17-20-10-6-3-7-11-20/h2-13H,14-17H2,1H3. The molecule has 0 aliphatic rings. The molecule has 2 aromatic carbocycles. The molecule has 1 aromatic heterocycles. The lowest BCUT2D eigenvalue weighted by Gasteiger charge is -2.21. The zero-order valence-electron chi connectivity index (χ0n) is 14.0. The monoisotopic (exact) mass is 321 g/mol. The summed E-state index contributed by atoms with van der Waals surface area (Å²) in [7, 11) is 0. The predicted molar refractivity (Wildman–Crippen MR) is 95.2 cm³/mol. The molecule has 0 saturated carbocycles. The SMILES string of the molecule is Cc1ccc(CN(CCc2ccccc2)OCc2ccccc2)o1. The van der Waals surface area contributed by atoms with Crippen LogP contribution in [0.1, 0.15) is 22.6 Å². The van der Waals surface area contributed by atoms with E-state index in [-0.39, 0.29) is 0 Å². The molecule has 0 spiro atoms. The molecule has 3 nitrogen and oxygen atoms in total. The quantitative estimate of drug-likeness (QED) is 0.559. The van der Waals surface area contributed by atoms with E-state index < -0.39 is 0 Å². The van der Waals surface area contributed by atoms with Gasteiger partial charge in [0.1, 0.15) is 11.5 Å². The van der Waals surface area contributed by atoms with Crippen LogP contribution in [0.3, 0.4) is 0 Å². The molecule has 3 rings (SSSR count). The molecule has 0 fully saturated rings. The minimum atomic E-state index is 0.565. The smallest absolute Gasteiger partial charge is 0.120 e. The van der Waals surface area contributed by atoms with Crippen LogP contribution in [0.4, 0.5) is 0 Å². The third-order valence-electron chi connectivity index (χ3n) is 3.88. The number of rotatable bonds is 8. The van der Waals surface area contributed by atoms with Crippen LogP contribution < -0.4 is 0 Å². The van der Waals surface area contributed by atoms with Crippen molar-refractivity contribution >= 4 is 0 Å². The van der Waals surface area contributed by atoms with Crippen LogP contribution in [0.5, 0.6) is 0 Å². The van der Waals surface area contributed by atoms with Crippen molar-refractivity contribution in [2.75, 3.05) is 6.54 Å². The molecular weight excluding hydrogens is 298 g/mol. The molecule has 0 aliphatic carbocycles. The normalized spacial score (nSPS) is 11.1. The van der Waals surface area contributed by atoms with Crippen LogP contribution in [0, 0.1) is 6.92 Å². The number of hydrogen-bond donors (Lipinski definition) is 0. The number of hydroxylamine groups is 2. The summed E-state index contributed by atoms with van der Waals surface area (Å²) in [5, 5.41) is 1.98. The summed E-state index contributed by atoms with van der Waals surface area (Å²) < 4.78 is 5.70. The first kappa shape index (κ1) is 16.5. The maximum atomic E-state index is 6.04. The lowest BCUT2D eigenvalue weighted by Crippen LogP contribution is -2.26. The van der Waals surface area contributed by atoms with Gasteiger partial charge in [-0.25, -0.2) is 0 Å². The summed E-state index contributed by atoms with van der Waals surface area (Å²) >= 11 is 0. The lowest BCUT2D eigenvalue weighted by atomic mass is 10.1. The maximum absolute atomic E-state index is 6.04. The van der Waals surface area contributed by atoms with Gasteiger partial charge in [0.05, 0.1) is 13.2 Å². The van der Waals surface area contributed by atoms with Crippen molar-refractivity contribution in [3.8, 4) is 0 Å². The molecule has 0 bridgehead atoms. The topological polar surface area (TPSA) is 25.6 Å². The highest BCUT2D eigenvalue weighted by Crippen LogP contribution is 2.13. The first-order valence-electron chi connectivity index (χ1n) is 8.30. The molecule has 0 saturated heterocycles. The van der Waals surface area contributed by atoms with Gasteiger partial charge < -0.3 is 4.42 Å². The minimum Gasteiger partial charge on any atom is -0.465 e. The Bertz CT molecular complexity index is 678. The minimum absolute atomic E-state index is 0.565. The van der Waals surface area contributed by atoms with Gasteiger partial charge in [0.2, 0.25) is 0 Å². The summed E-state index contributed by atoms with van der Waals surface area (Å²) in [6.07, 6.45) is 0.940. The molecule has 3 heteroatoms. The summed E-state index contributed by atoms with van der Waals surface area (Å²) in [4.78, 5) is 6.04. The Kier molecular flexibility index (Phi) is 5.83. The third-order valence-corrected chi connectivity index (χ3v) is 3.88. The molecule has 0 aliphatic heterocycles. The molecule has 0 amide bonds. The zero-order valence-corrected chi connectivity index (χ0v) is 14.0. The van der Waals surface area contributed by atoms with E-state index in [9.17, 15) is 0 Å². The van der Waals surface area contributed by atoms with E-state index in [4.69, 9.17) is 9.25 Å². The molecule has 0 atom stereocenters. The van der Waals surface area contributed by atoms with Gasteiger partial charge in [-0.15, -0.1) is 0 Å². The van der Waals surface area contributed by atoms with Crippen molar-refractivity contribution in [3.63, 3.8) is 0 Å². The second-order valence-electron chi connectivity index (χ2n) is 5.87. The Labute approximate surface area is 143 Å². The lowest BCUT2D eigenvalue weighted by molar-refractivity contribution is -0.179. The fourth-order valence-electron chi connectivity index (χ4n) is 2.57. The van der Waals surface area contributed by atoms with Gasteiger partial charge >= 0.3 is 0 Å². The largest absolute Gasteiger partial charge is 0.465 e. The highest BCUT2D eigenvalue weighted by atomic mass is 16.7. The van der Waals surface area contributed by atoms with Crippen molar-refractivity contribution in [3.05, 3.63) is 95.4 Å². The summed E-state index contributed by atoms with van der Waals surface area (Å²) in [6, 6.07) is 24.7. The fraction of sp³-hybridized carbons (Fsp3) is 0.238. The fourth-order valence-corrected chi connectivity index (χ4v) is 2.57. The number of aryl methyl sites for hydroxylation is 1. The molecule has 0 unspecified atom stereocenters. The van der Waals surface area contributed by atoms with Crippen LogP contribution >= 0.6 is 0 Å². The van der Waals surface area contributed by atoms with Crippen molar-refractivity contribution < 1.29 is 9.25 Å². The van der Waals surface area contributed by atoms with Crippen molar-refractivity contribution in [2.24, 2.45) is 0 Å². The first-order chi connectivity index (χ1) is 11.8. The number of hydrogen-bond acceptors (Lipinski definition) is 3. The van der Waals surface area contributed by atoms with Crippen LogP contribution in [0.2, 0.25) is 0 Å². The molecule has 0 radical (unpaired) electrons. The molecule has 3 aromatic rings. The van der Waals surface area contributed by atoms with Gasteiger partial charge in [0.15, 0.2) is 0 Å². The maximum Gasteiger partial charge on any atom is 0.120 e. The van der Waals surface area contributed by atoms with Crippen LogP contribution in [-0.4, -0.2) is 11.6 Å². The van der Waals surface area contributed by atoms with Gasteiger partial charge in [-0.05, 0) is 36.6 Å². The second kappa shape index (κ2) is 8.48. The van der Waals surface area contributed by atoms with Gasteiger partial charge in [-0.1, -0.05) is 60.7 Å². The van der Waals surface area contributed by atoms with E-state index in [0.29, 0.717) is 13.2 Å². The third kappa shape index (κ3) is 5.08. The van der Waals surface area contributed by atoms with Crippen molar-refractivity contribution in [2.45, 2.75) is 26.5 Å². The van der Waals surface area contributed by atoms with Gasteiger partial charge in [0, 0.05) is 6.54 Å². The summed E-state index contributed by atoms with van der Waals surface area (Å²) in [5.74, 6) is 1.85. The average molecular weight is 321 g/mol. The first-order valence-corrected chi connectivity index (χ1v) is 8.30. The Morgan fingerprint density at radius 2 is 1.50 bits per heavy atom. The number of benzene rings is 2. The Morgan fingerprint density at radius 3 is 2.12 bits per heavy atom. The Balaban J connectivity index is 1.61. The van der Waals surface area contributed by atoms with Crippen LogP contribution in [-0.2, 0) is 24.4 Å². The van der Waals surface area contributed by atoms with Gasteiger partial charge in [0.25, 0.3) is 0 Å². The van der Waals surface area contributed by atoms with E-state index in [2.05, 4.69) is 36.4 Å². The van der Waals surface area contributed by atoms with Crippen molar-refractivity contribution in [1.29, 1.82) is 0 Å². The van der Waals surface area contributed by atoms with E-state index >= 15 is 0 Å². The van der Waals surface area contributed by atoms with E-state index in [1.54, 1.807) is 0 Å². The predicted octanol–water partition coefficient (Wildman–Crippen LogP) is 4.76. The summed E-state index contributed by atoms with van der Waals surface area (Å²) in [6.45, 7) is 3.99. The zero-order chi connectivity index (χ0) is 16.6. The van der Waals surface area contributed by atoms with Crippen LogP contribution in [0.25, 0.3) is 0 Å². The van der Waals surface area contributed by atoms with Gasteiger partial charge in [-0.3, -0.25) is 4.84 Å². The highest BCUT2D eigenvalue weighted by Gasteiger charge is 2.10. The van der Waals surface area contributed by atoms with Crippen molar-refractivity contribution in [1.82, 2.24) is 5.06 Å². The highest BCUT2D eigenvalue weighted by molar-refractivity contribution is 5.15. The Hall–Kier alpha value is -2.36. The Morgan fingerprint density at radius 1 is 0.833 bits per heavy atom.